The average molecular weight is 1030 g/mol. The SMILES string of the molecule is CC(=O)OCCCC(CCCCCCCCCCCCCC(=O)[O-])OCc1ccccc1.CC(=O)OCCCC(CCCCCCCCCCCCCC(=O)[O-])OCc1ccccc1.[Ba+2]. The number of aliphatic carboxylic acids is 2. The number of hydrogen-bond donors (Lipinski definition) is 0. The van der Waals surface area contributed by atoms with Gasteiger partial charge < -0.3 is 38.7 Å². The third kappa shape index (κ3) is 45.4. The zero-order chi connectivity index (χ0) is 46.6. The molecule has 11 heteroatoms. The zero-order valence-electron chi connectivity index (χ0n) is 40.8. The van der Waals surface area contributed by atoms with Gasteiger partial charge in [0.1, 0.15) is 0 Å². The molecule has 0 aliphatic heterocycles. The van der Waals surface area contributed by atoms with Gasteiger partial charge in [0, 0.05) is 25.8 Å². The fourth-order valence-electron chi connectivity index (χ4n) is 7.72. The van der Waals surface area contributed by atoms with E-state index in [1.807, 2.05) is 36.4 Å². The van der Waals surface area contributed by atoms with Crippen molar-refractivity contribution in [3.05, 3.63) is 71.8 Å². The standard InChI is InChI=1S/2C27H44O5.Ba/c2*1-24(28)31-22-16-20-26(32-23-25-17-12-11-13-18-25)19-14-9-7-5-3-2-4-6-8-10-15-21-27(29)30;/h2*11-13,17-18,26H,2-10,14-16,19-23H2,1H3,(H,29,30);/q;;+2/p-2. The second kappa shape index (κ2) is 46.9. The quantitative estimate of drug-likeness (QED) is 0.0357. The molecule has 0 saturated heterocycles. The second-order valence-electron chi connectivity index (χ2n) is 17.4. The Kier molecular flexibility index (Phi) is 45.3. The van der Waals surface area contributed by atoms with E-state index in [2.05, 4.69) is 24.3 Å². The van der Waals surface area contributed by atoms with Gasteiger partial charge in [0.25, 0.3) is 0 Å². The molecule has 2 rings (SSSR count). The molecule has 0 amide bonds. The number of ether oxygens (including phenoxy) is 4. The summed E-state index contributed by atoms with van der Waals surface area (Å²) in [5.74, 6) is -2.30. The van der Waals surface area contributed by atoms with Gasteiger partial charge in [-0.1, -0.05) is 189 Å². The van der Waals surface area contributed by atoms with Crippen molar-refractivity contribution in [3.8, 4) is 0 Å². The van der Waals surface area contributed by atoms with Gasteiger partial charge >= 0.3 is 60.8 Å². The van der Waals surface area contributed by atoms with Gasteiger partial charge in [0.15, 0.2) is 0 Å². The Morgan fingerprint density at radius 3 is 0.938 bits per heavy atom. The smallest absolute Gasteiger partial charge is 0.550 e. The number of benzene rings is 2. The normalized spacial score (nSPS) is 11.7. The summed E-state index contributed by atoms with van der Waals surface area (Å²) in [5, 5.41) is 20.7. The Hall–Kier alpha value is -2.19. The van der Waals surface area contributed by atoms with Crippen LogP contribution in [0.2, 0.25) is 0 Å². The maximum Gasteiger partial charge on any atom is 2.00 e. The maximum absolute atomic E-state index is 10.9. The van der Waals surface area contributed by atoms with Crippen LogP contribution in [0.5, 0.6) is 0 Å². The molecule has 0 fully saturated rings. The molecule has 10 nitrogen and oxygen atoms in total. The fourth-order valence-corrected chi connectivity index (χ4v) is 7.72. The summed E-state index contributed by atoms with van der Waals surface area (Å²) < 4.78 is 22.5. The van der Waals surface area contributed by atoms with Crippen LogP contribution < -0.4 is 10.2 Å². The number of carboxylic acids is 2. The molecular weight excluding hydrogens is 946 g/mol. The molecule has 65 heavy (non-hydrogen) atoms. The Morgan fingerprint density at radius 1 is 0.400 bits per heavy atom. The molecule has 0 heterocycles. The fraction of sp³-hybridized carbons (Fsp3) is 0.704. The van der Waals surface area contributed by atoms with Crippen LogP contribution in [0.15, 0.2) is 60.7 Å². The number of carbonyl (C=O) groups excluding carboxylic acids is 4. The number of unbranched alkanes of at least 4 members (excludes halogenated alkanes) is 20. The largest absolute Gasteiger partial charge is 2.00 e. The molecule has 0 aliphatic rings. The first kappa shape index (κ1) is 62.8. The average Bonchev–Trinajstić information content (AvgIpc) is 3.28. The minimum atomic E-state index is -0.930. The van der Waals surface area contributed by atoms with E-state index in [9.17, 15) is 29.4 Å². The molecule has 0 radical (unpaired) electrons. The van der Waals surface area contributed by atoms with Crippen molar-refractivity contribution in [2.45, 2.75) is 232 Å². The van der Waals surface area contributed by atoms with Crippen molar-refractivity contribution in [2.24, 2.45) is 0 Å². The van der Waals surface area contributed by atoms with Gasteiger partial charge in [-0.05, 0) is 75.3 Å². The van der Waals surface area contributed by atoms with Crippen LogP contribution in [0.4, 0.5) is 0 Å². The molecule has 364 valence electrons. The van der Waals surface area contributed by atoms with Crippen LogP contribution in [-0.4, -0.2) is 98.2 Å². The molecule has 2 aromatic carbocycles. The second-order valence-corrected chi connectivity index (χ2v) is 17.4. The summed E-state index contributed by atoms with van der Waals surface area (Å²) in [6.45, 7) is 5.10. The Bertz CT molecular complexity index is 1290. The molecule has 0 N–H and O–H groups in total. The molecule has 2 unspecified atom stereocenters. The van der Waals surface area contributed by atoms with Crippen molar-refractivity contribution >= 4 is 72.8 Å². The topological polar surface area (TPSA) is 151 Å². The summed E-state index contributed by atoms with van der Waals surface area (Å²) in [6.07, 6.45) is 32.2. The van der Waals surface area contributed by atoms with E-state index in [4.69, 9.17) is 18.9 Å². The van der Waals surface area contributed by atoms with Crippen LogP contribution >= 0.6 is 0 Å². The number of rotatable bonds is 42. The van der Waals surface area contributed by atoms with E-state index in [-0.39, 0.29) is 85.9 Å². The third-order valence-electron chi connectivity index (χ3n) is 11.4. The van der Waals surface area contributed by atoms with Crippen LogP contribution in [0.1, 0.15) is 218 Å². The van der Waals surface area contributed by atoms with E-state index >= 15 is 0 Å². The minimum absolute atomic E-state index is 0. The first-order chi connectivity index (χ1) is 31.2. The number of esters is 2. The van der Waals surface area contributed by atoms with Crippen molar-refractivity contribution in [1.82, 2.24) is 0 Å². The van der Waals surface area contributed by atoms with Crippen LogP contribution in [-0.2, 0) is 51.3 Å². The first-order valence-corrected chi connectivity index (χ1v) is 25.1. The molecule has 0 aromatic heterocycles. The molecule has 0 bridgehead atoms. The molecule has 2 aromatic rings. The zero-order valence-corrected chi connectivity index (χ0v) is 45.2. The van der Waals surface area contributed by atoms with E-state index in [0.717, 1.165) is 77.0 Å². The number of hydrogen-bond acceptors (Lipinski definition) is 10. The van der Waals surface area contributed by atoms with Gasteiger partial charge in [0.2, 0.25) is 0 Å². The third-order valence-corrected chi connectivity index (χ3v) is 11.4. The summed E-state index contributed by atoms with van der Waals surface area (Å²) in [4.78, 5) is 42.6. The van der Waals surface area contributed by atoms with Crippen molar-refractivity contribution in [3.63, 3.8) is 0 Å². The van der Waals surface area contributed by atoms with Crippen molar-refractivity contribution in [2.75, 3.05) is 13.2 Å². The number of carboxylic acid groups (broad SMARTS) is 2. The van der Waals surface area contributed by atoms with Crippen molar-refractivity contribution < 1.29 is 48.3 Å². The molecule has 0 saturated carbocycles. The summed E-state index contributed by atoms with van der Waals surface area (Å²) in [7, 11) is 0. The molecule has 0 aliphatic carbocycles. The van der Waals surface area contributed by atoms with Gasteiger partial charge in [-0.3, -0.25) is 9.59 Å². The molecular formula is C54H86BaO10. The molecule has 0 spiro atoms. The van der Waals surface area contributed by atoms with Crippen molar-refractivity contribution in [1.29, 1.82) is 0 Å². The number of carbonyl (C=O) groups is 4. The van der Waals surface area contributed by atoms with E-state index in [1.54, 1.807) is 0 Å². The van der Waals surface area contributed by atoms with Gasteiger partial charge in [0.05, 0.1) is 38.6 Å². The predicted molar refractivity (Wildman–Crippen MR) is 258 cm³/mol. The van der Waals surface area contributed by atoms with Gasteiger partial charge in [-0.25, -0.2) is 0 Å². The van der Waals surface area contributed by atoms with E-state index in [1.165, 1.54) is 128 Å². The van der Waals surface area contributed by atoms with Crippen LogP contribution in [0, 0.1) is 0 Å². The predicted octanol–water partition coefficient (Wildman–Crippen LogP) is 11.1. The van der Waals surface area contributed by atoms with Crippen LogP contribution in [0.3, 0.4) is 0 Å². The Balaban J connectivity index is 0.00000124. The first-order valence-electron chi connectivity index (χ1n) is 25.1. The minimum Gasteiger partial charge on any atom is -0.550 e. The van der Waals surface area contributed by atoms with E-state index < -0.39 is 11.9 Å². The summed E-state index contributed by atoms with van der Waals surface area (Å²) >= 11 is 0. The molecule has 2 atom stereocenters. The maximum atomic E-state index is 10.9. The Morgan fingerprint density at radius 2 is 0.662 bits per heavy atom. The monoisotopic (exact) mass is 1030 g/mol. The summed E-state index contributed by atoms with van der Waals surface area (Å²) in [6, 6.07) is 20.5. The summed E-state index contributed by atoms with van der Waals surface area (Å²) in [5.41, 5.74) is 2.38. The van der Waals surface area contributed by atoms with Crippen LogP contribution in [0.25, 0.3) is 0 Å². The van der Waals surface area contributed by atoms with Gasteiger partial charge in [-0.2, -0.15) is 0 Å². The Labute approximate surface area is 434 Å². The van der Waals surface area contributed by atoms with E-state index in [0.29, 0.717) is 26.4 Å². The van der Waals surface area contributed by atoms with Gasteiger partial charge in [-0.15, -0.1) is 0 Å².